The van der Waals surface area contributed by atoms with E-state index in [0.29, 0.717) is 43.5 Å². The molecular formula is C26H25N7O2S. The second-order valence-corrected chi connectivity index (χ2v) is 9.62. The van der Waals surface area contributed by atoms with Gasteiger partial charge in [-0.25, -0.2) is 9.67 Å². The van der Waals surface area contributed by atoms with E-state index in [4.69, 9.17) is 9.51 Å². The first-order valence-corrected chi connectivity index (χ1v) is 12.9. The Labute approximate surface area is 212 Å². The molecule has 5 heterocycles. The van der Waals surface area contributed by atoms with E-state index in [1.807, 2.05) is 70.4 Å². The summed E-state index contributed by atoms with van der Waals surface area (Å²) < 4.78 is 7.30. The van der Waals surface area contributed by atoms with Crippen molar-refractivity contribution in [1.29, 1.82) is 0 Å². The fraction of sp³-hybridized carbons (Fsp3) is 0.269. The third-order valence-corrected chi connectivity index (χ3v) is 7.30. The SMILES string of the molecule is CCn1ncc2c(C(=O)N3CCN(Cc4nc(-c5cccs5)no4)CC3)cc(-c3ccccc3)nc21. The molecule has 0 atom stereocenters. The molecule has 9 nitrogen and oxygen atoms in total. The van der Waals surface area contributed by atoms with Gasteiger partial charge >= 0.3 is 0 Å². The molecule has 4 aromatic heterocycles. The van der Waals surface area contributed by atoms with E-state index in [0.717, 1.165) is 40.3 Å². The Morgan fingerprint density at radius 2 is 1.89 bits per heavy atom. The zero-order valence-electron chi connectivity index (χ0n) is 19.9. The largest absolute Gasteiger partial charge is 0.338 e. The summed E-state index contributed by atoms with van der Waals surface area (Å²) >= 11 is 1.59. The number of amides is 1. The van der Waals surface area contributed by atoms with Crippen LogP contribution in [0.15, 0.2) is 64.6 Å². The van der Waals surface area contributed by atoms with Crippen LogP contribution in [0.25, 0.3) is 33.0 Å². The predicted octanol–water partition coefficient (Wildman–Crippen LogP) is 4.19. The monoisotopic (exact) mass is 499 g/mol. The number of benzene rings is 1. The predicted molar refractivity (Wildman–Crippen MR) is 137 cm³/mol. The highest BCUT2D eigenvalue weighted by atomic mass is 32.1. The Bertz CT molecular complexity index is 1490. The number of hydrogen-bond acceptors (Lipinski definition) is 8. The lowest BCUT2D eigenvalue weighted by Crippen LogP contribution is -2.48. The average molecular weight is 500 g/mol. The normalized spacial score (nSPS) is 14.5. The molecule has 0 N–H and O–H groups in total. The Morgan fingerprint density at radius 3 is 2.64 bits per heavy atom. The molecule has 1 aliphatic rings. The Kier molecular flexibility index (Phi) is 6.04. The van der Waals surface area contributed by atoms with Gasteiger partial charge in [-0.1, -0.05) is 41.6 Å². The van der Waals surface area contributed by atoms with E-state index in [1.54, 1.807) is 17.5 Å². The van der Waals surface area contributed by atoms with Crippen LogP contribution in [0.3, 0.4) is 0 Å². The first-order chi connectivity index (χ1) is 17.7. The summed E-state index contributed by atoms with van der Waals surface area (Å²) in [5, 5.41) is 11.3. The standard InChI is InChI=1S/C26H25N7O2S/c1-2-33-25-20(16-27-33)19(15-21(28-25)18-7-4-3-5-8-18)26(34)32-12-10-31(11-13-32)17-23-29-24(30-35-23)22-9-6-14-36-22/h3-9,14-16H,2,10-13,17H2,1H3. The van der Waals surface area contributed by atoms with E-state index < -0.39 is 0 Å². The molecule has 0 unspecified atom stereocenters. The summed E-state index contributed by atoms with van der Waals surface area (Å²) in [4.78, 5) is 28.2. The fourth-order valence-electron chi connectivity index (χ4n) is 4.51. The van der Waals surface area contributed by atoms with Gasteiger partial charge in [0.2, 0.25) is 11.7 Å². The van der Waals surface area contributed by atoms with E-state index in [2.05, 4.69) is 20.1 Å². The molecule has 36 heavy (non-hydrogen) atoms. The van der Waals surface area contributed by atoms with Crippen molar-refractivity contribution in [3.8, 4) is 22.0 Å². The van der Waals surface area contributed by atoms with Crippen LogP contribution in [-0.2, 0) is 13.1 Å². The van der Waals surface area contributed by atoms with Gasteiger partial charge in [-0.05, 0) is 24.4 Å². The van der Waals surface area contributed by atoms with Crippen molar-refractivity contribution in [2.75, 3.05) is 26.2 Å². The number of thiophene rings is 1. The van der Waals surface area contributed by atoms with Crippen LogP contribution in [0.5, 0.6) is 0 Å². The summed E-state index contributed by atoms with van der Waals surface area (Å²) in [6.45, 7) is 5.99. The number of aryl methyl sites for hydroxylation is 1. The van der Waals surface area contributed by atoms with Crippen LogP contribution >= 0.6 is 11.3 Å². The molecule has 1 amide bonds. The average Bonchev–Trinajstić information content (AvgIpc) is 3.69. The molecule has 0 saturated carbocycles. The molecule has 182 valence electrons. The van der Waals surface area contributed by atoms with Crippen LogP contribution in [0.2, 0.25) is 0 Å². The summed E-state index contributed by atoms with van der Waals surface area (Å²) in [6, 6.07) is 15.8. The summed E-state index contributed by atoms with van der Waals surface area (Å²) in [7, 11) is 0. The summed E-state index contributed by atoms with van der Waals surface area (Å²) in [5.41, 5.74) is 3.13. The van der Waals surface area contributed by atoms with Crippen molar-refractivity contribution in [3.05, 3.63) is 71.6 Å². The number of carbonyl (C=O) groups excluding carboxylic acids is 1. The number of nitrogens with zero attached hydrogens (tertiary/aromatic N) is 7. The maximum Gasteiger partial charge on any atom is 0.254 e. The third kappa shape index (κ3) is 4.29. The van der Waals surface area contributed by atoms with E-state index in [-0.39, 0.29) is 5.91 Å². The molecule has 1 aliphatic heterocycles. The molecule has 0 spiro atoms. The Hall–Kier alpha value is -3.89. The maximum atomic E-state index is 13.7. The van der Waals surface area contributed by atoms with Crippen molar-refractivity contribution < 1.29 is 9.32 Å². The Balaban J connectivity index is 1.19. The molecular weight excluding hydrogens is 474 g/mol. The van der Waals surface area contributed by atoms with Crippen molar-refractivity contribution in [2.45, 2.75) is 20.0 Å². The maximum absolute atomic E-state index is 13.7. The zero-order chi connectivity index (χ0) is 24.5. The molecule has 5 aromatic rings. The van der Waals surface area contributed by atoms with Crippen LogP contribution < -0.4 is 0 Å². The van der Waals surface area contributed by atoms with Gasteiger partial charge in [0.15, 0.2) is 5.65 Å². The highest BCUT2D eigenvalue weighted by molar-refractivity contribution is 7.13. The van der Waals surface area contributed by atoms with Gasteiger partial charge in [0, 0.05) is 38.3 Å². The number of rotatable bonds is 6. The molecule has 0 aliphatic carbocycles. The lowest BCUT2D eigenvalue weighted by Gasteiger charge is -2.34. The van der Waals surface area contributed by atoms with E-state index in [9.17, 15) is 4.79 Å². The van der Waals surface area contributed by atoms with Gasteiger partial charge in [0.05, 0.1) is 34.3 Å². The zero-order valence-corrected chi connectivity index (χ0v) is 20.7. The smallest absolute Gasteiger partial charge is 0.254 e. The number of carbonyl (C=O) groups is 1. The summed E-state index contributed by atoms with van der Waals surface area (Å²) in [5.74, 6) is 1.22. The lowest BCUT2D eigenvalue weighted by molar-refractivity contribution is 0.0617. The van der Waals surface area contributed by atoms with Gasteiger partial charge < -0.3 is 9.42 Å². The second kappa shape index (κ2) is 9.63. The number of aromatic nitrogens is 5. The number of piperazine rings is 1. The minimum absolute atomic E-state index is 0.00709. The fourth-order valence-corrected chi connectivity index (χ4v) is 5.16. The molecule has 1 saturated heterocycles. The van der Waals surface area contributed by atoms with Crippen molar-refractivity contribution >= 4 is 28.3 Å². The first kappa shape index (κ1) is 22.6. The molecule has 0 radical (unpaired) electrons. The van der Waals surface area contributed by atoms with Gasteiger partial charge in [-0.3, -0.25) is 9.69 Å². The quantitative estimate of drug-likeness (QED) is 0.346. The highest BCUT2D eigenvalue weighted by Gasteiger charge is 2.26. The van der Waals surface area contributed by atoms with Crippen LogP contribution in [0, 0.1) is 0 Å². The molecule has 0 bridgehead atoms. The van der Waals surface area contributed by atoms with Crippen LogP contribution in [-0.4, -0.2) is 66.8 Å². The van der Waals surface area contributed by atoms with Crippen molar-refractivity contribution in [2.24, 2.45) is 0 Å². The topological polar surface area (TPSA) is 93.2 Å². The number of hydrogen-bond donors (Lipinski definition) is 0. The van der Waals surface area contributed by atoms with E-state index >= 15 is 0 Å². The van der Waals surface area contributed by atoms with Crippen molar-refractivity contribution in [1.82, 2.24) is 34.7 Å². The van der Waals surface area contributed by atoms with Crippen LogP contribution in [0.1, 0.15) is 23.2 Å². The molecule has 10 heteroatoms. The number of pyridine rings is 1. The lowest BCUT2D eigenvalue weighted by atomic mass is 10.1. The minimum Gasteiger partial charge on any atom is -0.338 e. The Morgan fingerprint density at radius 1 is 1.06 bits per heavy atom. The van der Waals surface area contributed by atoms with E-state index in [1.165, 1.54) is 0 Å². The molecule has 6 rings (SSSR count). The highest BCUT2D eigenvalue weighted by Crippen LogP contribution is 2.27. The molecule has 1 fully saturated rings. The van der Waals surface area contributed by atoms with Crippen molar-refractivity contribution in [3.63, 3.8) is 0 Å². The molecule has 1 aromatic carbocycles. The van der Waals surface area contributed by atoms with Gasteiger partial charge in [0.25, 0.3) is 5.91 Å². The summed E-state index contributed by atoms with van der Waals surface area (Å²) in [6.07, 6.45) is 1.75. The van der Waals surface area contributed by atoms with Gasteiger partial charge in [-0.15, -0.1) is 11.3 Å². The number of fused-ring (bicyclic) bond motifs is 1. The van der Waals surface area contributed by atoms with Gasteiger partial charge in [0.1, 0.15) is 0 Å². The van der Waals surface area contributed by atoms with Crippen LogP contribution in [0.4, 0.5) is 0 Å². The minimum atomic E-state index is 0.00709. The van der Waals surface area contributed by atoms with Gasteiger partial charge in [-0.2, -0.15) is 10.1 Å². The first-order valence-electron chi connectivity index (χ1n) is 12.0. The second-order valence-electron chi connectivity index (χ2n) is 8.68. The third-order valence-electron chi connectivity index (χ3n) is 6.44.